The lowest BCUT2D eigenvalue weighted by Gasteiger charge is -2.18. The van der Waals surface area contributed by atoms with E-state index in [2.05, 4.69) is 93.7 Å². The fourth-order valence-corrected chi connectivity index (χ4v) is 8.78. The Labute approximate surface area is 446 Å². The second-order valence-electron chi connectivity index (χ2n) is 20.6. The van der Waals surface area contributed by atoms with E-state index in [4.69, 9.17) is 14.2 Å². The Kier molecular flexibility index (Phi) is 57.8. The smallest absolute Gasteiger partial charge is 0.306 e. The molecule has 0 aliphatic rings. The molecule has 1 unspecified atom stereocenters. The molecule has 416 valence electrons. The number of carbonyl (C=O) groups excluding carboxylic acids is 3. The average Bonchev–Trinajstić information content (AvgIpc) is 3.38. The Hall–Kier alpha value is -3.15. The van der Waals surface area contributed by atoms with E-state index >= 15 is 0 Å². The van der Waals surface area contributed by atoms with Gasteiger partial charge in [-0.15, -0.1) is 0 Å². The molecule has 0 rings (SSSR count). The van der Waals surface area contributed by atoms with E-state index in [-0.39, 0.29) is 31.1 Å². The van der Waals surface area contributed by atoms with E-state index < -0.39 is 6.10 Å². The summed E-state index contributed by atoms with van der Waals surface area (Å²) in [6.07, 6.45) is 77.6. The summed E-state index contributed by atoms with van der Waals surface area (Å²) >= 11 is 0. The lowest BCUT2D eigenvalue weighted by atomic mass is 10.0. The van der Waals surface area contributed by atoms with Crippen LogP contribution < -0.4 is 0 Å². The first-order valence-corrected chi connectivity index (χ1v) is 30.9. The van der Waals surface area contributed by atoms with Crippen molar-refractivity contribution in [3.05, 3.63) is 72.9 Å². The molecule has 72 heavy (non-hydrogen) atoms. The van der Waals surface area contributed by atoms with Crippen molar-refractivity contribution in [1.82, 2.24) is 0 Å². The van der Waals surface area contributed by atoms with Crippen LogP contribution in [0.25, 0.3) is 0 Å². The van der Waals surface area contributed by atoms with Crippen LogP contribution in [0.2, 0.25) is 0 Å². The van der Waals surface area contributed by atoms with Crippen molar-refractivity contribution in [2.24, 2.45) is 0 Å². The van der Waals surface area contributed by atoms with Crippen molar-refractivity contribution in [3.63, 3.8) is 0 Å². The fraction of sp³-hybridized carbons (Fsp3) is 0.773. The number of ether oxygens (including phenoxy) is 3. The van der Waals surface area contributed by atoms with Crippen LogP contribution >= 0.6 is 0 Å². The molecule has 0 bridgehead atoms. The minimum absolute atomic E-state index is 0.0789. The number of allylic oxidation sites excluding steroid dienone is 12. The number of rotatable bonds is 56. The van der Waals surface area contributed by atoms with Crippen LogP contribution in [0.1, 0.15) is 310 Å². The number of hydrogen-bond acceptors (Lipinski definition) is 6. The lowest BCUT2D eigenvalue weighted by molar-refractivity contribution is -0.167. The third kappa shape index (κ3) is 57.7. The molecule has 0 radical (unpaired) electrons. The van der Waals surface area contributed by atoms with Gasteiger partial charge < -0.3 is 14.2 Å². The van der Waals surface area contributed by atoms with Crippen LogP contribution in [0, 0.1) is 0 Å². The molecule has 0 amide bonds. The van der Waals surface area contributed by atoms with E-state index in [0.29, 0.717) is 19.3 Å². The van der Waals surface area contributed by atoms with Crippen molar-refractivity contribution in [3.8, 4) is 0 Å². The van der Waals surface area contributed by atoms with E-state index in [1.807, 2.05) is 0 Å². The van der Waals surface area contributed by atoms with E-state index in [9.17, 15) is 14.4 Å². The summed E-state index contributed by atoms with van der Waals surface area (Å²) in [5, 5.41) is 0. The fourth-order valence-electron chi connectivity index (χ4n) is 8.78. The first-order valence-electron chi connectivity index (χ1n) is 30.9. The Bertz CT molecular complexity index is 1340. The van der Waals surface area contributed by atoms with Gasteiger partial charge in [0.05, 0.1) is 0 Å². The molecule has 0 aromatic carbocycles. The van der Waals surface area contributed by atoms with Crippen LogP contribution in [0.3, 0.4) is 0 Å². The molecule has 0 saturated heterocycles. The molecular formula is C66H116O6. The zero-order chi connectivity index (χ0) is 52.2. The van der Waals surface area contributed by atoms with E-state index in [0.717, 1.165) is 89.9 Å². The van der Waals surface area contributed by atoms with Crippen LogP contribution in [0.4, 0.5) is 0 Å². The molecule has 0 spiro atoms. The van der Waals surface area contributed by atoms with Crippen molar-refractivity contribution in [2.45, 2.75) is 316 Å². The van der Waals surface area contributed by atoms with Gasteiger partial charge in [-0.1, -0.05) is 254 Å². The molecule has 0 N–H and O–H groups in total. The molecule has 0 saturated carbocycles. The molecular weight excluding hydrogens is 889 g/mol. The minimum Gasteiger partial charge on any atom is -0.462 e. The summed E-state index contributed by atoms with van der Waals surface area (Å²) in [6.45, 7) is 6.52. The standard InChI is InChI=1S/C66H116O6/c1-4-7-10-13-16-19-22-25-27-29-30-31-32-33-34-35-36-38-39-41-44-47-50-53-56-59-65(68)71-62-63(61-70-64(67)58-55-52-49-46-43-24-21-18-15-12-9-6-3)72-66(69)60-57-54-51-48-45-42-40-37-28-26-23-20-17-14-11-8-5-2/h7,10,16,18-19,21,25-28,30-31,63H,4-6,8-9,11-15,17,20,22-24,29,32-62H2,1-3H3/b10-7-,19-16-,21-18-,27-25-,28-26-,31-30-. The van der Waals surface area contributed by atoms with E-state index in [1.165, 1.54) is 180 Å². The zero-order valence-corrected chi connectivity index (χ0v) is 47.7. The Morgan fingerprint density at radius 2 is 0.542 bits per heavy atom. The molecule has 6 heteroatoms. The average molecular weight is 1010 g/mol. The van der Waals surface area contributed by atoms with Crippen molar-refractivity contribution >= 4 is 17.9 Å². The van der Waals surface area contributed by atoms with Crippen LogP contribution in [0.15, 0.2) is 72.9 Å². The third-order valence-electron chi connectivity index (χ3n) is 13.4. The molecule has 0 aromatic heterocycles. The number of esters is 3. The van der Waals surface area contributed by atoms with Gasteiger partial charge in [0, 0.05) is 19.3 Å². The summed E-state index contributed by atoms with van der Waals surface area (Å²) in [5.41, 5.74) is 0. The summed E-state index contributed by atoms with van der Waals surface area (Å²) in [6, 6.07) is 0. The predicted octanol–water partition coefficient (Wildman–Crippen LogP) is 20.9. The second kappa shape index (κ2) is 60.4. The maximum atomic E-state index is 12.9. The largest absolute Gasteiger partial charge is 0.462 e. The van der Waals surface area contributed by atoms with Gasteiger partial charge in [0.25, 0.3) is 0 Å². The van der Waals surface area contributed by atoms with Gasteiger partial charge >= 0.3 is 17.9 Å². The van der Waals surface area contributed by atoms with Gasteiger partial charge in [0.1, 0.15) is 13.2 Å². The molecule has 6 nitrogen and oxygen atoms in total. The summed E-state index contributed by atoms with van der Waals surface area (Å²) in [4.78, 5) is 38.2. The molecule has 1 atom stereocenters. The molecule has 0 fully saturated rings. The highest BCUT2D eigenvalue weighted by Crippen LogP contribution is 2.16. The van der Waals surface area contributed by atoms with Gasteiger partial charge in [0.15, 0.2) is 6.10 Å². The highest BCUT2D eigenvalue weighted by atomic mass is 16.6. The number of unbranched alkanes of at least 4 members (excludes halogenated alkanes) is 33. The minimum atomic E-state index is -0.781. The predicted molar refractivity (Wildman–Crippen MR) is 311 cm³/mol. The Morgan fingerprint density at radius 1 is 0.292 bits per heavy atom. The first kappa shape index (κ1) is 68.8. The summed E-state index contributed by atoms with van der Waals surface area (Å²) in [5.74, 6) is -0.882. The molecule has 0 aliphatic carbocycles. The van der Waals surface area contributed by atoms with Crippen LogP contribution in [-0.4, -0.2) is 37.2 Å². The quantitative estimate of drug-likeness (QED) is 0.0261. The maximum absolute atomic E-state index is 12.9. The van der Waals surface area contributed by atoms with Gasteiger partial charge in [-0.05, 0) is 109 Å². The first-order chi connectivity index (χ1) is 35.5. The number of carbonyl (C=O) groups is 3. The number of hydrogen-bond donors (Lipinski definition) is 0. The van der Waals surface area contributed by atoms with Gasteiger partial charge in [0.2, 0.25) is 0 Å². The van der Waals surface area contributed by atoms with Gasteiger partial charge in [-0.2, -0.15) is 0 Å². The maximum Gasteiger partial charge on any atom is 0.306 e. The normalized spacial score (nSPS) is 12.5. The molecule has 0 heterocycles. The van der Waals surface area contributed by atoms with Crippen LogP contribution in [0.5, 0.6) is 0 Å². The molecule has 0 aromatic rings. The van der Waals surface area contributed by atoms with E-state index in [1.54, 1.807) is 0 Å². The highest BCUT2D eigenvalue weighted by Gasteiger charge is 2.19. The van der Waals surface area contributed by atoms with Crippen molar-refractivity contribution in [2.75, 3.05) is 13.2 Å². The Balaban J connectivity index is 4.28. The van der Waals surface area contributed by atoms with Gasteiger partial charge in [-0.25, -0.2) is 0 Å². The third-order valence-corrected chi connectivity index (χ3v) is 13.4. The zero-order valence-electron chi connectivity index (χ0n) is 47.7. The van der Waals surface area contributed by atoms with Crippen molar-refractivity contribution < 1.29 is 28.6 Å². The molecule has 0 aliphatic heterocycles. The SMILES string of the molecule is CC/C=C\C/C=C\C/C=C\C/C=C\CCCCCCCCCCCCCCC(=O)OCC(COC(=O)CCCCCCC/C=C\CCCCC)OC(=O)CCCCCCCCC/C=C\CCCCCCCC. The summed E-state index contributed by atoms with van der Waals surface area (Å²) < 4.78 is 16.9. The highest BCUT2D eigenvalue weighted by molar-refractivity contribution is 5.71. The lowest BCUT2D eigenvalue weighted by Crippen LogP contribution is -2.30. The van der Waals surface area contributed by atoms with Crippen molar-refractivity contribution in [1.29, 1.82) is 0 Å². The van der Waals surface area contributed by atoms with Gasteiger partial charge in [-0.3, -0.25) is 14.4 Å². The monoisotopic (exact) mass is 1000 g/mol. The Morgan fingerprint density at radius 3 is 0.889 bits per heavy atom. The second-order valence-corrected chi connectivity index (χ2v) is 20.6. The summed E-state index contributed by atoms with van der Waals surface area (Å²) in [7, 11) is 0. The topological polar surface area (TPSA) is 78.9 Å². The van der Waals surface area contributed by atoms with Crippen LogP contribution in [-0.2, 0) is 28.6 Å².